The third kappa shape index (κ3) is 3.71. The Morgan fingerprint density at radius 2 is 2.00 bits per heavy atom. The molecular formula is C15H18BrNOSi. The fourth-order valence-electron chi connectivity index (χ4n) is 1.97. The van der Waals surface area contributed by atoms with Gasteiger partial charge < -0.3 is 4.90 Å². The van der Waals surface area contributed by atoms with E-state index >= 15 is 0 Å². The Morgan fingerprint density at radius 3 is 2.58 bits per heavy atom. The Balaban J connectivity index is 2.36. The van der Waals surface area contributed by atoms with E-state index in [1.165, 1.54) is 0 Å². The average Bonchev–Trinajstić information content (AvgIpc) is 2.65. The van der Waals surface area contributed by atoms with Gasteiger partial charge in [0.05, 0.1) is 5.69 Å². The van der Waals surface area contributed by atoms with Gasteiger partial charge in [-0.25, -0.2) is 0 Å². The molecule has 0 saturated carbocycles. The van der Waals surface area contributed by atoms with Gasteiger partial charge >= 0.3 is 0 Å². The van der Waals surface area contributed by atoms with Crippen molar-refractivity contribution in [3.05, 3.63) is 29.8 Å². The number of hydrogen-bond acceptors (Lipinski definition) is 1. The lowest BCUT2D eigenvalue weighted by Gasteiger charge is -2.17. The summed E-state index contributed by atoms with van der Waals surface area (Å²) in [6.45, 7) is 7.39. The Bertz CT molecular complexity index is 553. The minimum absolute atomic E-state index is 0.170. The molecule has 0 aliphatic carbocycles. The minimum atomic E-state index is -1.41. The average molecular weight is 336 g/mol. The molecule has 2 nitrogen and oxygen atoms in total. The molecule has 1 amide bonds. The molecule has 1 fully saturated rings. The normalized spacial score (nSPS) is 19.3. The van der Waals surface area contributed by atoms with E-state index in [2.05, 4.69) is 47.0 Å². The van der Waals surface area contributed by atoms with Crippen LogP contribution in [-0.4, -0.2) is 25.4 Å². The lowest BCUT2D eigenvalue weighted by Crippen LogP contribution is -2.25. The van der Waals surface area contributed by atoms with Crippen LogP contribution in [0.25, 0.3) is 0 Å². The van der Waals surface area contributed by atoms with Crippen LogP contribution in [0.3, 0.4) is 0 Å². The molecule has 1 aromatic rings. The highest BCUT2D eigenvalue weighted by Gasteiger charge is 2.29. The molecule has 1 atom stereocenters. The molecule has 100 valence electrons. The predicted octanol–water partition coefficient (Wildman–Crippen LogP) is 3.42. The molecule has 1 saturated heterocycles. The summed E-state index contributed by atoms with van der Waals surface area (Å²) in [5, 5.41) is 0. The molecule has 1 aliphatic rings. The SMILES string of the molecule is C[Si](C)(C)C#Cc1ccccc1N1CC(Br)CC1=O. The Kier molecular flexibility index (Phi) is 4.17. The van der Waals surface area contributed by atoms with E-state index in [0.717, 1.165) is 17.8 Å². The van der Waals surface area contributed by atoms with Crippen molar-refractivity contribution in [2.24, 2.45) is 0 Å². The number of benzene rings is 1. The van der Waals surface area contributed by atoms with Gasteiger partial charge in [-0.15, -0.1) is 5.54 Å². The maximum absolute atomic E-state index is 12.0. The highest BCUT2D eigenvalue weighted by atomic mass is 79.9. The first-order chi connectivity index (χ1) is 8.87. The van der Waals surface area contributed by atoms with Gasteiger partial charge in [0.15, 0.2) is 0 Å². The number of carbonyl (C=O) groups excluding carboxylic acids is 1. The van der Waals surface area contributed by atoms with Gasteiger partial charge in [0.2, 0.25) is 5.91 Å². The first kappa shape index (κ1) is 14.4. The molecule has 0 N–H and O–H groups in total. The molecular weight excluding hydrogens is 318 g/mol. The van der Waals surface area contributed by atoms with Gasteiger partial charge in [0, 0.05) is 23.4 Å². The largest absolute Gasteiger partial charge is 0.310 e. The van der Waals surface area contributed by atoms with E-state index in [-0.39, 0.29) is 10.7 Å². The predicted molar refractivity (Wildman–Crippen MR) is 86.4 cm³/mol. The van der Waals surface area contributed by atoms with Gasteiger partial charge in [-0.2, -0.15) is 0 Å². The summed E-state index contributed by atoms with van der Waals surface area (Å²) in [4.78, 5) is 14.1. The second kappa shape index (κ2) is 5.52. The molecule has 2 rings (SSSR count). The number of anilines is 1. The molecule has 1 aliphatic heterocycles. The van der Waals surface area contributed by atoms with Crippen molar-refractivity contribution in [3.8, 4) is 11.5 Å². The molecule has 0 radical (unpaired) electrons. The molecule has 4 heteroatoms. The minimum Gasteiger partial charge on any atom is -0.310 e. The summed E-state index contributed by atoms with van der Waals surface area (Å²) in [7, 11) is -1.41. The van der Waals surface area contributed by atoms with Gasteiger partial charge in [0.25, 0.3) is 0 Å². The zero-order valence-corrected chi connectivity index (χ0v) is 14.1. The maximum atomic E-state index is 12.0. The first-order valence-corrected chi connectivity index (χ1v) is 10.8. The number of alkyl halides is 1. The van der Waals surface area contributed by atoms with Crippen molar-refractivity contribution >= 4 is 35.6 Å². The number of amides is 1. The van der Waals surface area contributed by atoms with E-state index in [1.807, 2.05) is 29.2 Å². The fraction of sp³-hybridized carbons (Fsp3) is 0.400. The van der Waals surface area contributed by atoms with Crippen molar-refractivity contribution in [2.75, 3.05) is 11.4 Å². The van der Waals surface area contributed by atoms with Crippen molar-refractivity contribution in [3.63, 3.8) is 0 Å². The van der Waals surface area contributed by atoms with Crippen molar-refractivity contribution in [1.82, 2.24) is 0 Å². The van der Waals surface area contributed by atoms with Crippen LogP contribution in [-0.2, 0) is 4.79 Å². The van der Waals surface area contributed by atoms with Crippen LogP contribution in [0.2, 0.25) is 19.6 Å². The molecule has 0 bridgehead atoms. The van der Waals surface area contributed by atoms with Gasteiger partial charge in [-0.05, 0) is 12.1 Å². The molecule has 19 heavy (non-hydrogen) atoms. The van der Waals surface area contributed by atoms with E-state index < -0.39 is 8.07 Å². The molecule has 1 heterocycles. The van der Waals surface area contributed by atoms with E-state index in [0.29, 0.717) is 6.42 Å². The quantitative estimate of drug-likeness (QED) is 0.437. The van der Waals surface area contributed by atoms with Crippen LogP contribution in [0.1, 0.15) is 12.0 Å². The second-order valence-electron chi connectivity index (χ2n) is 5.82. The molecule has 0 spiro atoms. The van der Waals surface area contributed by atoms with E-state index in [4.69, 9.17) is 0 Å². The smallest absolute Gasteiger partial charge is 0.228 e. The third-order valence-electron chi connectivity index (χ3n) is 2.84. The second-order valence-corrected chi connectivity index (χ2v) is 11.9. The topological polar surface area (TPSA) is 20.3 Å². The third-order valence-corrected chi connectivity index (χ3v) is 4.33. The summed E-state index contributed by atoms with van der Waals surface area (Å²) in [5.41, 5.74) is 5.27. The molecule has 1 aromatic carbocycles. The molecule has 1 unspecified atom stereocenters. The van der Waals surface area contributed by atoms with Crippen molar-refractivity contribution < 1.29 is 4.79 Å². The summed E-state index contributed by atoms with van der Waals surface area (Å²) in [6.07, 6.45) is 0.565. The highest BCUT2D eigenvalue weighted by molar-refractivity contribution is 9.09. The summed E-state index contributed by atoms with van der Waals surface area (Å²) in [6, 6.07) is 7.92. The highest BCUT2D eigenvalue weighted by Crippen LogP contribution is 2.27. The number of rotatable bonds is 1. The van der Waals surface area contributed by atoms with Crippen LogP contribution < -0.4 is 4.90 Å². The molecule has 0 aromatic heterocycles. The van der Waals surface area contributed by atoms with E-state index in [1.54, 1.807) is 0 Å². The van der Waals surface area contributed by atoms with Gasteiger partial charge in [-0.1, -0.05) is 53.6 Å². The van der Waals surface area contributed by atoms with Crippen LogP contribution in [0.5, 0.6) is 0 Å². The van der Waals surface area contributed by atoms with Gasteiger partial charge in [0.1, 0.15) is 8.07 Å². The zero-order valence-electron chi connectivity index (χ0n) is 11.5. The van der Waals surface area contributed by atoms with Crippen LogP contribution >= 0.6 is 15.9 Å². The fourth-order valence-corrected chi connectivity index (χ4v) is 3.04. The summed E-state index contributed by atoms with van der Waals surface area (Å²) in [5.74, 6) is 3.44. The van der Waals surface area contributed by atoms with Crippen molar-refractivity contribution in [1.29, 1.82) is 0 Å². The number of hydrogen-bond donors (Lipinski definition) is 0. The van der Waals surface area contributed by atoms with Crippen LogP contribution in [0, 0.1) is 11.5 Å². The van der Waals surface area contributed by atoms with Crippen molar-refractivity contribution in [2.45, 2.75) is 30.9 Å². The standard InChI is InChI=1S/C15H18BrNOSi/c1-19(2,3)9-8-12-6-4-5-7-14(12)17-11-13(16)10-15(17)18/h4-7,13H,10-11H2,1-3H3. The zero-order chi connectivity index (χ0) is 14.0. The maximum Gasteiger partial charge on any atom is 0.228 e. The Hall–Kier alpha value is -1.05. The van der Waals surface area contributed by atoms with Gasteiger partial charge in [-0.3, -0.25) is 4.79 Å². The lowest BCUT2D eigenvalue weighted by atomic mass is 10.1. The lowest BCUT2D eigenvalue weighted by molar-refractivity contribution is -0.117. The van der Waals surface area contributed by atoms with Crippen LogP contribution in [0.15, 0.2) is 24.3 Å². The monoisotopic (exact) mass is 335 g/mol. The van der Waals surface area contributed by atoms with Crippen LogP contribution in [0.4, 0.5) is 5.69 Å². The number of carbonyl (C=O) groups is 1. The number of nitrogens with zero attached hydrogens (tertiary/aromatic N) is 1. The van der Waals surface area contributed by atoms with E-state index in [9.17, 15) is 4.79 Å². The Labute approximate surface area is 124 Å². The number of para-hydroxylation sites is 1. The summed E-state index contributed by atoms with van der Waals surface area (Å²) < 4.78 is 0. The number of halogens is 1. The first-order valence-electron chi connectivity index (χ1n) is 6.43. The summed E-state index contributed by atoms with van der Waals surface area (Å²) >= 11 is 3.52. The Morgan fingerprint density at radius 1 is 1.32 bits per heavy atom.